The second-order valence-corrected chi connectivity index (χ2v) is 8.90. The van der Waals surface area contributed by atoms with E-state index in [0.29, 0.717) is 42.7 Å². The number of halogens is 5. The zero-order valence-corrected chi connectivity index (χ0v) is 20.0. The molecule has 6 nitrogen and oxygen atoms in total. The molecular formula is C18H27F4IN4O2S. The molecule has 0 radical (unpaired) electrons. The first kappa shape index (κ1) is 26.9. The SMILES string of the molecule is CCNC(=NCC1CCN(S(=O)(=O)C(F)(F)F)CC1)N(C)Cc1cccc(F)c1.I. The average Bonchev–Trinajstić information content (AvgIpc) is 2.64. The van der Waals surface area contributed by atoms with Crippen LogP contribution >= 0.6 is 24.0 Å². The number of piperidine rings is 1. The Labute approximate surface area is 191 Å². The van der Waals surface area contributed by atoms with E-state index >= 15 is 0 Å². The minimum Gasteiger partial charge on any atom is -0.357 e. The summed E-state index contributed by atoms with van der Waals surface area (Å²) in [5.41, 5.74) is -4.49. The zero-order valence-electron chi connectivity index (χ0n) is 16.8. The molecule has 1 aromatic carbocycles. The first-order valence-corrected chi connectivity index (χ1v) is 10.8. The molecule has 0 unspecified atom stereocenters. The van der Waals surface area contributed by atoms with E-state index in [1.165, 1.54) is 12.1 Å². The van der Waals surface area contributed by atoms with E-state index < -0.39 is 15.5 Å². The summed E-state index contributed by atoms with van der Waals surface area (Å²) < 4.78 is 74.8. The number of benzene rings is 1. The summed E-state index contributed by atoms with van der Waals surface area (Å²) in [5, 5.41) is 3.14. The molecule has 1 saturated heterocycles. The molecule has 1 aliphatic heterocycles. The van der Waals surface area contributed by atoms with Crippen molar-refractivity contribution in [2.24, 2.45) is 10.9 Å². The third-order valence-electron chi connectivity index (χ3n) is 4.71. The summed E-state index contributed by atoms with van der Waals surface area (Å²) in [4.78, 5) is 6.37. The zero-order chi connectivity index (χ0) is 21.7. The monoisotopic (exact) mass is 566 g/mol. The summed E-state index contributed by atoms with van der Waals surface area (Å²) in [6, 6.07) is 6.25. The van der Waals surface area contributed by atoms with Crippen LogP contribution in [0.1, 0.15) is 25.3 Å². The highest BCUT2D eigenvalue weighted by Gasteiger charge is 2.50. The van der Waals surface area contributed by atoms with Gasteiger partial charge >= 0.3 is 15.5 Å². The van der Waals surface area contributed by atoms with Gasteiger partial charge in [-0.1, -0.05) is 12.1 Å². The lowest BCUT2D eigenvalue weighted by molar-refractivity contribution is -0.0496. The Morgan fingerprint density at radius 3 is 2.47 bits per heavy atom. The fourth-order valence-corrected chi connectivity index (χ4v) is 4.13. The molecule has 1 aromatic rings. The van der Waals surface area contributed by atoms with Gasteiger partial charge in [-0.2, -0.15) is 17.5 Å². The number of guanidine groups is 1. The normalized spacial score (nSPS) is 16.8. The number of sulfonamides is 1. The van der Waals surface area contributed by atoms with Gasteiger partial charge in [0, 0.05) is 39.8 Å². The van der Waals surface area contributed by atoms with E-state index in [1.54, 1.807) is 12.1 Å². The van der Waals surface area contributed by atoms with E-state index in [0.717, 1.165) is 5.56 Å². The molecule has 0 saturated carbocycles. The van der Waals surface area contributed by atoms with Crippen LogP contribution < -0.4 is 5.32 Å². The molecule has 1 N–H and O–H groups in total. The van der Waals surface area contributed by atoms with Gasteiger partial charge in [0.25, 0.3) is 0 Å². The van der Waals surface area contributed by atoms with Crippen LogP contribution in [0.2, 0.25) is 0 Å². The molecule has 1 aliphatic rings. The first-order valence-electron chi connectivity index (χ1n) is 9.35. The fourth-order valence-electron chi connectivity index (χ4n) is 3.15. The van der Waals surface area contributed by atoms with Gasteiger partial charge in [-0.15, -0.1) is 24.0 Å². The minimum atomic E-state index is -5.27. The molecule has 1 fully saturated rings. The van der Waals surface area contributed by atoms with Gasteiger partial charge in [-0.3, -0.25) is 4.99 Å². The van der Waals surface area contributed by atoms with Crippen molar-refractivity contribution < 1.29 is 26.0 Å². The van der Waals surface area contributed by atoms with Gasteiger partial charge in [-0.05, 0) is 43.4 Å². The average molecular weight is 566 g/mol. The van der Waals surface area contributed by atoms with E-state index in [1.807, 2.05) is 18.9 Å². The lowest BCUT2D eigenvalue weighted by Gasteiger charge is -2.31. The van der Waals surface area contributed by atoms with Gasteiger partial charge < -0.3 is 10.2 Å². The second-order valence-electron chi connectivity index (χ2n) is 6.97. The Morgan fingerprint density at radius 2 is 1.93 bits per heavy atom. The molecule has 0 aliphatic carbocycles. The minimum absolute atomic E-state index is 0. The number of nitrogens with one attached hydrogen (secondary N) is 1. The third-order valence-corrected chi connectivity index (χ3v) is 6.34. The number of hydrogen-bond donors (Lipinski definition) is 1. The number of aliphatic imine (C=N–C) groups is 1. The van der Waals surface area contributed by atoms with Gasteiger partial charge in [0.1, 0.15) is 5.82 Å². The number of alkyl halides is 3. The van der Waals surface area contributed by atoms with Crippen molar-refractivity contribution in [3.8, 4) is 0 Å². The summed E-state index contributed by atoms with van der Waals surface area (Å²) >= 11 is 0. The van der Waals surface area contributed by atoms with Crippen molar-refractivity contribution in [1.29, 1.82) is 0 Å². The highest BCUT2D eigenvalue weighted by atomic mass is 127. The fraction of sp³-hybridized carbons (Fsp3) is 0.611. The predicted octanol–water partition coefficient (Wildman–Crippen LogP) is 3.40. The van der Waals surface area contributed by atoms with Gasteiger partial charge in [0.15, 0.2) is 5.96 Å². The molecule has 1 heterocycles. The van der Waals surface area contributed by atoms with Crippen molar-refractivity contribution in [3.63, 3.8) is 0 Å². The molecule has 0 amide bonds. The molecule has 2 rings (SSSR count). The maximum Gasteiger partial charge on any atom is 0.511 e. The summed E-state index contributed by atoms with van der Waals surface area (Å²) in [5.74, 6) is 0.270. The highest BCUT2D eigenvalue weighted by molar-refractivity contribution is 14.0. The van der Waals surface area contributed by atoms with Crippen molar-refractivity contribution in [2.45, 2.75) is 31.8 Å². The van der Waals surface area contributed by atoms with E-state index in [2.05, 4.69) is 10.3 Å². The highest BCUT2D eigenvalue weighted by Crippen LogP contribution is 2.30. The molecule has 172 valence electrons. The lowest BCUT2D eigenvalue weighted by atomic mass is 9.98. The third kappa shape index (κ3) is 7.22. The van der Waals surface area contributed by atoms with Crippen LogP contribution in [0.25, 0.3) is 0 Å². The number of hydrogen-bond acceptors (Lipinski definition) is 3. The van der Waals surface area contributed by atoms with Crippen LogP contribution in [0.5, 0.6) is 0 Å². The van der Waals surface area contributed by atoms with Crippen LogP contribution in [0.15, 0.2) is 29.3 Å². The summed E-state index contributed by atoms with van der Waals surface area (Å²) in [6.07, 6.45) is 0.623. The van der Waals surface area contributed by atoms with Crippen molar-refractivity contribution in [1.82, 2.24) is 14.5 Å². The van der Waals surface area contributed by atoms with Gasteiger partial charge in [0.2, 0.25) is 0 Å². The van der Waals surface area contributed by atoms with Crippen LogP contribution in [0.4, 0.5) is 17.6 Å². The second kappa shape index (κ2) is 11.5. The number of nitrogens with zero attached hydrogens (tertiary/aromatic N) is 3. The van der Waals surface area contributed by atoms with Crippen molar-refractivity contribution in [2.75, 3.05) is 33.2 Å². The molecular weight excluding hydrogens is 539 g/mol. The summed E-state index contributed by atoms with van der Waals surface area (Å²) in [7, 11) is -3.46. The first-order chi connectivity index (χ1) is 13.5. The van der Waals surface area contributed by atoms with Crippen LogP contribution in [0, 0.1) is 11.7 Å². The quantitative estimate of drug-likeness (QED) is 0.248. The van der Waals surface area contributed by atoms with E-state index in [4.69, 9.17) is 0 Å². The molecule has 0 spiro atoms. The topological polar surface area (TPSA) is 65.0 Å². The molecule has 0 aromatic heterocycles. The number of rotatable bonds is 6. The Hall–Kier alpha value is -1.15. The Bertz CT molecular complexity index is 813. The molecule has 30 heavy (non-hydrogen) atoms. The largest absolute Gasteiger partial charge is 0.511 e. The lowest BCUT2D eigenvalue weighted by Crippen LogP contribution is -2.45. The Kier molecular flexibility index (Phi) is 10.3. The maximum atomic E-state index is 13.4. The van der Waals surface area contributed by atoms with Crippen LogP contribution in [-0.4, -0.2) is 62.3 Å². The van der Waals surface area contributed by atoms with Crippen molar-refractivity contribution >= 4 is 40.0 Å². The van der Waals surface area contributed by atoms with Crippen molar-refractivity contribution in [3.05, 3.63) is 35.6 Å². The maximum absolute atomic E-state index is 13.4. The molecule has 12 heteroatoms. The molecule has 0 atom stereocenters. The van der Waals surface area contributed by atoms with E-state index in [9.17, 15) is 26.0 Å². The standard InChI is InChI=1S/C18H26F4N4O2S.HI/c1-3-23-17(25(2)13-15-5-4-6-16(19)11-15)24-12-14-7-9-26(10-8-14)29(27,28)18(20,21)22;/h4-6,11,14H,3,7-10,12-13H2,1-2H3,(H,23,24);1H. The van der Waals surface area contributed by atoms with Gasteiger partial charge in [0.05, 0.1) is 0 Å². The Morgan fingerprint density at radius 1 is 1.30 bits per heavy atom. The van der Waals surface area contributed by atoms with Gasteiger partial charge in [-0.25, -0.2) is 12.8 Å². The summed E-state index contributed by atoms with van der Waals surface area (Å²) in [6.45, 7) is 3.00. The van der Waals surface area contributed by atoms with Crippen LogP contribution in [0.3, 0.4) is 0 Å². The van der Waals surface area contributed by atoms with Crippen LogP contribution in [-0.2, 0) is 16.6 Å². The van der Waals surface area contributed by atoms with E-state index in [-0.39, 0.29) is 48.8 Å². The smallest absolute Gasteiger partial charge is 0.357 e. The Balaban J connectivity index is 0.00000450. The predicted molar refractivity (Wildman–Crippen MR) is 119 cm³/mol. The molecule has 0 bridgehead atoms.